The highest BCUT2D eigenvalue weighted by molar-refractivity contribution is 5.91. The summed E-state index contributed by atoms with van der Waals surface area (Å²) in [6, 6.07) is 13.8. The van der Waals surface area contributed by atoms with Crippen molar-refractivity contribution >= 4 is 5.91 Å². The number of nitrogens with one attached hydrogen (secondary N) is 1. The largest absolute Gasteiger partial charge is 0.497 e. The van der Waals surface area contributed by atoms with Gasteiger partial charge in [0.1, 0.15) is 5.75 Å². The first-order chi connectivity index (χ1) is 16.7. The van der Waals surface area contributed by atoms with E-state index in [1.165, 1.54) is 29.1 Å². The Balaban J connectivity index is 1.56. The molecule has 0 atom stereocenters. The van der Waals surface area contributed by atoms with Gasteiger partial charge in [-0.3, -0.25) is 14.3 Å². The van der Waals surface area contributed by atoms with Gasteiger partial charge in [0.25, 0.3) is 5.91 Å². The zero-order valence-electron chi connectivity index (χ0n) is 19.3. The van der Waals surface area contributed by atoms with E-state index in [-0.39, 0.29) is 18.8 Å². The van der Waals surface area contributed by atoms with Gasteiger partial charge in [0.2, 0.25) is 5.43 Å². The summed E-state index contributed by atoms with van der Waals surface area (Å²) >= 11 is 0. The third-order valence-corrected chi connectivity index (χ3v) is 6.49. The maximum Gasteiger partial charge on any atom is 0.416 e. The number of carbonyl (C=O) groups excluding carboxylic acids is 1. The SMILES string of the molecule is COc1cccc(CNC(=O)c2nn(CC3(c4cccc(C(F)(F)F)c4)CCCC3)ccc2=O)c1. The summed E-state index contributed by atoms with van der Waals surface area (Å²) < 4.78 is 46.6. The normalized spacial score (nSPS) is 15.1. The smallest absolute Gasteiger partial charge is 0.416 e. The van der Waals surface area contributed by atoms with E-state index in [4.69, 9.17) is 4.74 Å². The minimum absolute atomic E-state index is 0.181. The number of amides is 1. The van der Waals surface area contributed by atoms with Crippen LogP contribution in [0.3, 0.4) is 0 Å². The number of alkyl halides is 3. The van der Waals surface area contributed by atoms with E-state index in [9.17, 15) is 22.8 Å². The van der Waals surface area contributed by atoms with Crippen molar-refractivity contribution in [2.75, 3.05) is 7.11 Å². The number of halogens is 3. The molecule has 1 aromatic heterocycles. The molecule has 0 saturated heterocycles. The van der Waals surface area contributed by atoms with E-state index in [0.29, 0.717) is 24.2 Å². The molecular weight excluding hydrogens is 459 g/mol. The molecule has 0 bridgehead atoms. The second-order valence-corrected chi connectivity index (χ2v) is 8.83. The van der Waals surface area contributed by atoms with Crippen LogP contribution in [0, 0.1) is 0 Å². The first-order valence-corrected chi connectivity index (χ1v) is 11.4. The number of hydrogen-bond donors (Lipinski definition) is 1. The fourth-order valence-electron chi connectivity index (χ4n) is 4.66. The van der Waals surface area contributed by atoms with E-state index in [1.807, 2.05) is 6.07 Å². The average molecular weight is 486 g/mol. The lowest BCUT2D eigenvalue weighted by Gasteiger charge is -2.31. The van der Waals surface area contributed by atoms with Gasteiger partial charge in [0.15, 0.2) is 5.69 Å². The standard InChI is InChI=1S/C26H26F3N3O3/c1-35-21-9-4-6-18(14-21)16-30-24(34)23-22(33)10-13-32(31-23)17-25(11-2-3-12-25)19-7-5-8-20(15-19)26(27,28)29/h4-10,13-15H,2-3,11-12,16-17H2,1H3,(H,30,34). The van der Waals surface area contributed by atoms with Gasteiger partial charge >= 0.3 is 6.18 Å². The minimum Gasteiger partial charge on any atom is -0.497 e. The van der Waals surface area contributed by atoms with E-state index >= 15 is 0 Å². The Bertz CT molecular complexity index is 1260. The van der Waals surface area contributed by atoms with Crippen LogP contribution in [-0.2, 0) is 24.7 Å². The van der Waals surface area contributed by atoms with Gasteiger partial charge in [-0.05, 0) is 42.2 Å². The Morgan fingerprint density at radius 3 is 2.57 bits per heavy atom. The highest BCUT2D eigenvalue weighted by Crippen LogP contribution is 2.43. The van der Waals surface area contributed by atoms with Crippen molar-refractivity contribution in [2.45, 2.75) is 50.4 Å². The van der Waals surface area contributed by atoms with Gasteiger partial charge in [0, 0.05) is 24.2 Å². The molecule has 1 N–H and O–H groups in total. The van der Waals surface area contributed by atoms with Crippen LogP contribution in [-0.4, -0.2) is 22.8 Å². The summed E-state index contributed by atoms with van der Waals surface area (Å²) in [6.45, 7) is 0.449. The molecule has 4 rings (SSSR count). The monoisotopic (exact) mass is 485 g/mol. The van der Waals surface area contributed by atoms with Crippen molar-refractivity contribution < 1.29 is 22.7 Å². The number of methoxy groups -OCH3 is 1. The van der Waals surface area contributed by atoms with Gasteiger partial charge in [-0.2, -0.15) is 18.3 Å². The van der Waals surface area contributed by atoms with Crippen LogP contribution in [0.25, 0.3) is 0 Å². The molecule has 3 aromatic rings. The molecule has 1 aliphatic rings. The Kier molecular flexibility index (Phi) is 6.95. The predicted molar refractivity (Wildman–Crippen MR) is 124 cm³/mol. The van der Waals surface area contributed by atoms with Crippen molar-refractivity contribution in [3.05, 3.63) is 93.4 Å². The van der Waals surface area contributed by atoms with Crippen LogP contribution in [0.1, 0.15) is 52.9 Å². The molecule has 1 aliphatic carbocycles. The molecule has 1 fully saturated rings. The van der Waals surface area contributed by atoms with Crippen molar-refractivity contribution in [3.63, 3.8) is 0 Å². The first kappa shape index (κ1) is 24.5. The third kappa shape index (κ3) is 5.55. The molecule has 0 radical (unpaired) electrons. The van der Waals surface area contributed by atoms with Gasteiger partial charge in [-0.15, -0.1) is 0 Å². The molecule has 0 aliphatic heterocycles. The van der Waals surface area contributed by atoms with Crippen LogP contribution in [0.5, 0.6) is 5.75 Å². The number of carbonyl (C=O) groups is 1. The van der Waals surface area contributed by atoms with E-state index < -0.39 is 28.5 Å². The topological polar surface area (TPSA) is 73.2 Å². The maximum atomic E-state index is 13.3. The average Bonchev–Trinajstić information content (AvgIpc) is 3.33. The fraction of sp³-hybridized carbons (Fsp3) is 0.346. The fourth-order valence-corrected chi connectivity index (χ4v) is 4.66. The quantitative estimate of drug-likeness (QED) is 0.526. The Labute approximate surface area is 200 Å². The highest BCUT2D eigenvalue weighted by atomic mass is 19.4. The zero-order valence-corrected chi connectivity index (χ0v) is 19.3. The third-order valence-electron chi connectivity index (χ3n) is 6.49. The summed E-state index contributed by atoms with van der Waals surface area (Å²) in [7, 11) is 1.55. The van der Waals surface area contributed by atoms with Gasteiger partial charge in [-0.25, -0.2) is 0 Å². The first-order valence-electron chi connectivity index (χ1n) is 11.4. The molecule has 1 saturated carbocycles. The molecule has 35 heavy (non-hydrogen) atoms. The van der Waals surface area contributed by atoms with Gasteiger partial charge < -0.3 is 10.1 Å². The minimum atomic E-state index is -4.43. The summed E-state index contributed by atoms with van der Waals surface area (Å²) in [5.41, 5.74) is -0.640. The Morgan fingerprint density at radius 2 is 1.86 bits per heavy atom. The lowest BCUT2D eigenvalue weighted by molar-refractivity contribution is -0.137. The van der Waals surface area contributed by atoms with E-state index in [2.05, 4.69) is 10.4 Å². The highest BCUT2D eigenvalue weighted by Gasteiger charge is 2.38. The van der Waals surface area contributed by atoms with Crippen molar-refractivity contribution in [1.29, 1.82) is 0 Å². The molecule has 1 heterocycles. The zero-order chi connectivity index (χ0) is 25.1. The van der Waals surface area contributed by atoms with E-state index in [0.717, 1.165) is 24.5 Å². The molecule has 9 heteroatoms. The van der Waals surface area contributed by atoms with Crippen molar-refractivity contribution in [1.82, 2.24) is 15.1 Å². The lowest BCUT2D eigenvalue weighted by Crippen LogP contribution is -2.34. The van der Waals surface area contributed by atoms with E-state index in [1.54, 1.807) is 31.4 Å². The summed E-state index contributed by atoms with van der Waals surface area (Å²) in [5.74, 6) is 0.0279. The van der Waals surface area contributed by atoms with Crippen LogP contribution in [0.4, 0.5) is 13.2 Å². The van der Waals surface area contributed by atoms with Crippen LogP contribution >= 0.6 is 0 Å². The summed E-state index contributed by atoms with van der Waals surface area (Å²) in [6.07, 6.45) is 0.196. The molecule has 0 spiro atoms. The molecule has 0 unspecified atom stereocenters. The molecule has 184 valence electrons. The molecule has 6 nitrogen and oxygen atoms in total. The molecule has 1 amide bonds. The van der Waals surface area contributed by atoms with Crippen LogP contribution < -0.4 is 15.5 Å². The Hall–Kier alpha value is -3.62. The predicted octanol–water partition coefficient (Wildman–Crippen LogP) is 4.71. The number of rotatable bonds is 7. The molecule has 2 aromatic carbocycles. The van der Waals surface area contributed by atoms with Crippen molar-refractivity contribution in [2.24, 2.45) is 0 Å². The number of hydrogen-bond acceptors (Lipinski definition) is 4. The summed E-state index contributed by atoms with van der Waals surface area (Å²) in [5, 5.41) is 6.97. The number of aromatic nitrogens is 2. The number of ether oxygens (including phenoxy) is 1. The number of benzene rings is 2. The number of nitrogens with zero attached hydrogens (tertiary/aromatic N) is 2. The second-order valence-electron chi connectivity index (χ2n) is 8.83. The maximum absolute atomic E-state index is 13.3. The van der Waals surface area contributed by atoms with Crippen LogP contribution in [0.2, 0.25) is 0 Å². The Morgan fingerprint density at radius 1 is 1.11 bits per heavy atom. The van der Waals surface area contributed by atoms with Crippen molar-refractivity contribution in [3.8, 4) is 5.75 Å². The van der Waals surface area contributed by atoms with Gasteiger partial charge in [0.05, 0.1) is 19.2 Å². The van der Waals surface area contributed by atoms with Crippen LogP contribution in [0.15, 0.2) is 65.6 Å². The summed E-state index contributed by atoms with van der Waals surface area (Å²) in [4.78, 5) is 25.1. The molecular formula is C26H26F3N3O3. The van der Waals surface area contributed by atoms with Gasteiger partial charge in [-0.1, -0.05) is 43.2 Å². The second kappa shape index (κ2) is 9.93. The lowest BCUT2D eigenvalue weighted by atomic mass is 9.78.